The number of hydrogen-bond donors (Lipinski definition) is 1. The number of nitrogens with one attached hydrogen (secondary N) is 1. The Morgan fingerprint density at radius 3 is 2.11 bits per heavy atom. The molecule has 0 bridgehead atoms. The van der Waals surface area contributed by atoms with Gasteiger partial charge in [0.05, 0.1) is 0 Å². The van der Waals surface area contributed by atoms with Crippen molar-refractivity contribution in [2.24, 2.45) is 0 Å². The van der Waals surface area contributed by atoms with Crippen LogP contribution in [-0.2, 0) is 22.6 Å². The van der Waals surface area contributed by atoms with Crippen molar-refractivity contribution in [2.45, 2.75) is 122 Å². The van der Waals surface area contributed by atoms with Crippen molar-refractivity contribution in [3.05, 3.63) is 35.4 Å². The fourth-order valence-electron chi connectivity index (χ4n) is 5.28. The van der Waals surface area contributed by atoms with Crippen LogP contribution in [0.2, 0.25) is 0 Å². The quantitative estimate of drug-likeness (QED) is 0.221. The summed E-state index contributed by atoms with van der Waals surface area (Å²) in [6.07, 6.45) is 18.3. The molecule has 0 saturated carbocycles. The second-order valence-corrected chi connectivity index (χ2v) is 10.7. The molecule has 0 aliphatic carbocycles. The lowest BCUT2D eigenvalue weighted by molar-refractivity contribution is -0.146. The normalized spacial score (nSPS) is 15.1. The third-order valence-electron chi connectivity index (χ3n) is 7.64. The Bertz CT molecular complexity index is 751. The number of carbonyl (C=O) groups excluding carboxylic acids is 2. The maximum atomic E-state index is 13.5. The Balaban J connectivity index is 1.81. The van der Waals surface area contributed by atoms with E-state index in [-0.39, 0.29) is 17.9 Å². The lowest BCUT2D eigenvalue weighted by Gasteiger charge is -2.38. The van der Waals surface area contributed by atoms with Gasteiger partial charge < -0.3 is 15.1 Å². The van der Waals surface area contributed by atoms with E-state index in [1.54, 1.807) is 0 Å². The summed E-state index contributed by atoms with van der Waals surface area (Å²) in [5.74, 6) is 0.235. The van der Waals surface area contributed by atoms with Gasteiger partial charge in [0.15, 0.2) is 0 Å². The number of hydrogen-bond acceptors (Lipinski definition) is 3. The Labute approximate surface area is 221 Å². The van der Waals surface area contributed by atoms with Gasteiger partial charge in [-0.15, -0.1) is 0 Å². The van der Waals surface area contributed by atoms with Crippen LogP contribution in [0.15, 0.2) is 24.3 Å². The topological polar surface area (TPSA) is 52.7 Å². The van der Waals surface area contributed by atoms with Crippen LogP contribution in [0, 0.1) is 0 Å². The maximum Gasteiger partial charge on any atom is 0.245 e. The zero-order chi connectivity index (χ0) is 26.0. The molecule has 1 aliphatic heterocycles. The molecule has 0 saturated heterocycles. The molecule has 1 aromatic carbocycles. The number of likely N-dealkylation sites (N-methyl/N-ethyl adjacent to an activating group) is 1. The Morgan fingerprint density at radius 1 is 0.861 bits per heavy atom. The molecule has 0 radical (unpaired) electrons. The van der Waals surface area contributed by atoms with Crippen molar-refractivity contribution < 1.29 is 9.59 Å². The van der Waals surface area contributed by atoms with E-state index >= 15 is 0 Å². The fraction of sp³-hybridized carbons (Fsp3) is 0.742. The summed E-state index contributed by atoms with van der Waals surface area (Å²) in [6.45, 7) is 4.62. The minimum Gasteiger partial charge on any atom is -0.344 e. The highest BCUT2D eigenvalue weighted by Crippen LogP contribution is 2.26. The summed E-state index contributed by atoms with van der Waals surface area (Å²) in [5.41, 5.74) is 2.39. The Hall–Kier alpha value is -1.88. The van der Waals surface area contributed by atoms with E-state index in [4.69, 9.17) is 0 Å². The number of benzene rings is 1. The zero-order valence-electron chi connectivity index (χ0n) is 23.5. The number of unbranched alkanes of at least 4 members (excludes halogenated alkanes) is 12. The maximum absolute atomic E-state index is 13.5. The highest BCUT2D eigenvalue weighted by Gasteiger charge is 2.35. The lowest BCUT2D eigenvalue weighted by Crippen LogP contribution is -2.53. The lowest BCUT2D eigenvalue weighted by atomic mass is 9.92. The summed E-state index contributed by atoms with van der Waals surface area (Å²) in [4.78, 5) is 30.5. The number of rotatable bonds is 19. The van der Waals surface area contributed by atoms with Gasteiger partial charge >= 0.3 is 0 Å². The average Bonchev–Trinajstić information content (AvgIpc) is 2.90. The second-order valence-electron chi connectivity index (χ2n) is 10.7. The minimum atomic E-state index is -0.371. The van der Waals surface area contributed by atoms with Crippen molar-refractivity contribution in [3.8, 4) is 0 Å². The first-order valence-corrected chi connectivity index (χ1v) is 14.8. The molecule has 1 aromatic rings. The molecule has 0 aromatic heterocycles. The van der Waals surface area contributed by atoms with E-state index in [0.29, 0.717) is 19.4 Å². The molecular weight excluding hydrogens is 446 g/mol. The summed E-state index contributed by atoms with van der Waals surface area (Å²) in [5, 5.41) is 3.19. The second kappa shape index (κ2) is 18.4. The van der Waals surface area contributed by atoms with Crippen molar-refractivity contribution in [3.63, 3.8) is 0 Å². The predicted octanol–water partition coefficient (Wildman–Crippen LogP) is 6.49. The van der Waals surface area contributed by atoms with Gasteiger partial charge in [0.1, 0.15) is 6.04 Å². The number of carbonyl (C=O) groups is 2. The monoisotopic (exact) mass is 499 g/mol. The van der Waals surface area contributed by atoms with Crippen LogP contribution in [0.1, 0.15) is 114 Å². The first-order valence-electron chi connectivity index (χ1n) is 14.8. The summed E-state index contributed by atoms with van der Waals surface area (Å²) in [7, 11) is 3.89. The fourth-order valence-corrected chi connectivity index (χ4v) is 5.28. The summed E-state index contributed by atoms with van der Waals surface area (Å²) >= 11 is 0. The molecule has 1 N–H and O–H groups in total. The highest BCUT2D eigenvalue weighted by molar-refractivity contribution is 5.88. The molecule has 2 rings (SSSR count). The molecule has 36 heavy (non-hydrogen) atoms. The SMILES string of the molecule is CCCCCCCCCCCCC(=O)N1Cc2ccccc2CC1C(=O)N(C)CCCCCCNC. The third-order valence-corrected chi connectivity index (χ3v) is 7.64. The minimum absolute atomic E-state index is 0.0937. The van der Waals surface area contributed by atoms with Crippen molar-refractivity contribution in [1.29, 1.82) is 0 Å². The molecular formula is C31H53N3O2. The number of nitrogens with zero attached hydrogens (tertiary/aromatic N) is 2. The van der Waals surface area contributed by atoms with Crippen LogP contribution in [0.25, 0.3) is 0 Å². The van der Waals surface area contributed by atoms with Gasteiger partial charge in [0, 0.05) is 33.0 Å². The van der Waals surface area contributed by atoms with Gasteiger partial charge in [-0.1, -0.05) is 102 Å². The van der Waals surface area contributed by atoms with Crippen LogP contribution in [0.3, 0.4) is 0 Å². The molecule has 0 fully saturated rings. The number of fused-ring (bicyclic) bond motifs is 1. The van der Waals surface area contributed by atoms with E-state index in [9.17, 15) is 9.59 Å². The van der Waals surface area contributed by atoms with Gasteiger partial charge in [-0.05, 0) is 44.0 Å². The molecule has 2 amide bonds. The van der Waals surface area contributed by atoms with E-state index in [0.717, 1.165) is 38.8 Å². The molecule has 5 nitrogen and oxygen atoms in total. The molecule has 1 heterocycles. The molecule has 204 valence electrons. The average molecular weight is 500 g/mol. The first-order chi connectivity index (χ1) is 17.6. The van der Waals surface area contributed by atoms with Crippen LogP contribution in [0.4, 0.5) is 0 Å². The Morgan fingerprint density at radius 2 is 1.44 bits per heavy atom. The molecule has 0 spiro atoms. The van der Waals surface area contributed by atoms with Crippen molar-refractivity contribution >= 4 is 11.8 Å². The van der Waals surface area contributed by atoms with Crippen LogP contribution in [0.5, 0.6) is 0 Å². The largest absolute Gasteiger partial charge is 0.344 e. The standard InChI is InChI=1S/C31H53N3O2/c1-4-5-6-7-8-9-10-11-12-15-22-30(35)34-26-28-21-17-16-20-27(28)25-29(34)31(36)33(3)24-19-14-13-18-23-32-2/h16-17,20-21,29,32H,4-15,18-19,22-26H2,1-3H3. The molecule has 1 atom stereocenters. The van der Waals surface area contributed by atoms with E-state index in [1.165, 1.54) is 75.3 Å². The van der Waals surface area contributed by atoms with E-state index in [2.05, 4.69) is 24.4 Å². The van der Waals surface area contributed by atoms with Gasteiger partial charge in [0.25, 0.3) is 0 Å². The van der Waals surface area contributed by atoms with Gasteiger partial charge in [-0.2, -0.15) is 0 Å². The first kappa shape index (κ1) is 30.3. The van der Waals surface area contributed by atoms with Gasteiger partial charge in [0.2, 0.25) is 11.8 Å². The van der Waals surface area contributed by atoms with Crippen molar-refractivity contribution in [1.82, 2.24) is 15.1 Å². The molecule has 5 heteroatoms. The predicted molar refractivity (Wildman–Crippen MR) is 151 cm³/mol. The number of amides is 2. The van der Waals surface area contributed by atoms with E-state index < -0.39 is 0 Å². The highest BCUT2D eigenvalue weighted by atomic mass is 16.2. The molecule has 1 unspecified atom stereocenters. The van der Waals surface area contributed by atoms with Crippen LogP contribution in [-0.4, -0.2) is 54.8 Å². The van der Waals surface area contributed by atoms with Gasteiger partial charge in [-0.3, -0.25) is 9.59 Å². The zero-order valence-corrected chi connectivity index (χ0v) is 23.5. The summed E-state index contributed by atoms with van der Waals surface area (Å²) < 4.78 is 0. The van der Waals surface area contributed by atoms with Gasteiger partial charge in [-0.25, -0.2) is 0 Å². The van der Waals surface area contributed by atoms with E-state index in [1.807, 2.05) is 36.0 Å². The summed E-state index contributed by atoms with van der Waals surface area (Å²) in [6, 6.07) is 7.92. The van der Waals surface area contributed by atoms with Crippen LogP contribution < -0.4 is 5.32 Å². The molecule has 1 aliphatic rings. The van der Waals surface area contributed by atoms with Crippen LogP contribution >= 0.6 is 0 Å². The third kappa shape index (κ3) is 11.0. The smallest absolute Gasteiger partial charge is 0.245 e. The van der Waals surface area contributed by atoms with Crippen molar-refractivity contribution in [2.75, 3.05) is 27.2 Å². The Kier molecular flexibility index (Phi) is 15.5.